The molecule has 138 valence electrons. The van der Waals surface area contributed by atoms with E-state index in [9.17, 15) is 4.79 Å². The van der Waals surface area contributed by atoms with Gasteiger partial charge >= 0.3 is 0 Å². The second-order valence-corrected chi connectivity index (χ2v) is 7.81. The van der Waals surface area contributed by atoms with Crippen LogP contribution in [0, 0.1) is 0 Å². The fourth-order valence-corrected chi connectivity index (χ4v) is 4.05. The minimum atomic E-state index is -0.240. The van der Waals surface area contributed by atoms with Crippen LogP contribution < -0.4 is 10.1 Å². The van der Waals surface area contributed by atoms with Crippen LogP contribution in [0.3, 0.4) is 0 Å². The standard InChI is InChI=1S/C21H19ClN2O2S/c22-17-7-9-18(10-8-17)26-12-20(25)24-21-23-19(13-27-21)16-6-5-14-3-1-2-4-15(14)11-16/h5-11,13H,1-4,12H2,(H,23,24,25). The molecule has 3 aromatic rings. The van der Waals surface area contributed by atoms with Crippen molar-refractivity contribution in [1.29, 1.82) is 0 Å². The number of nitrogens with zero attached hydrogens (tertiary/aromatic N) is 1. The maximum Gasteiger partial charge on any atom is 0.264 e. The number of rotatable bonds is 5. The molecule has 0 fully saturated rings. The summed E-state index contributed by atoms with van der Waals surface area (Å²) in [7, 11) is 0. The maximum atomic E-state index is 12.1. The summed E-state index contributed by atoms with van der Waals surface area (Å²) in [6, 6.07) is 13.5. The summed E-state index contributed by atoms with van der Waals surface area (Å²) in [4.78, 5) is 16.6. The fraction of sp³-hybridized carbons (Fsp3) is 0.238. The van der Waals surface area contributed by atoms with Crippen molar-refractivity contribution in [2.24, 2.45) is 0 Å². The largest absolute Gasteiger partial charge is 0.484 e. The fourth-order valence-electron chi connectivity index (χ4n) is 3.19. The summed E-state index contributed by atoms with van der Waals surface area (Å²) in [6.45, 7) is -0.0740. The van der Waals surface area contributed by atoms with E-state index in [0.29, 0.717) is 15.9 Å². The molecule has 0 spiro atoms. The number of anilines is 1. The van der Waals surface area contributed by atoms with Crippen LogP contribution in [0.25, 0.3) is 11.3 Å². The normalized spacial score (nSPS) is 13.1. The summed E-state index contributed by atoms with van der Waals surface area (Å²) >= 11 is 7.25. The van der Waals surface area contributed by atoms with Crippen molar-refractivity contribution in [3.8, 4) is 17.0 Å². The van der Waals surface area contributed by atoms with Crippen LogP contribution in [-0.2, 0) is 17.6 Å². The summed E-state index contributed by atoms with van der Waals surface area (Å²) in [6.07, 6.45) is 4.83. The molecule has 1 aliphatic carbocycles. The van der Waals surface area contributed by atoms with Crippen LogP contribution in [0.15, 0.2) is 47.8 Å². The zero-order chi connectivity index (χ0) is 18.6. The van der Waals surface area contributed by atoms with E-state index in [-0.39, 0.29) is 12.5 Å². The Hall–Kier alpha value is -2.37. The van der Waals surface area contributed by atoms with Crippen molar-refractivity contribution in [1.82, 2.24) is 4.98 Å². The van der Waals surface area contributed by atoms with Gasteiger partial charge in [-0.25, -0.2) is 4.98 Å². The first-order valence-corrected chi connectivity index (χ1v) is 10.2. The van der Waals surface area contributed by atoms with Crippen LogP contribution in [0.1, 0.15) is 24.0 Å². The van der Waals surface area contributed by atoms with Gasteiger partial charge in [0.05, 0.1) is 5.69 Å². The second-order valence-electron chi connectivity index (χ2n) is 6.52. The van der Waals surface area contributed by atoms with E-state index in [0.717, 1.165) is 17.7 Å². The van der Waals surface area contributed by atoms with E-state index in [2.05, 4.69) is 28.5 Å². The van der Waals surface area contributed by atoms with Gasteiger partial charge in [-0.1, -0.05) is 23.7 Å². The SMILES string of the molecule is O=C(COc1ccc(Cl)cc1)Nc1nc(-c2ccc3c(c2)CCCC3)cs1. The number of hydrogen-bond acceptors (Lipinski definition) is 4. The number of benzene rings is 2. The molecule has 0 saturated carbocycles. The number of thiazole rings is 1. The Kier molecular flexibility index (Phi) is 5.41. The van der Waals surface area contributed by atoms with Gasteiger partial charge in [-0.2, -0.15) is 0 Å². The third-order valence-corrected chi connectivity index (χ3v) is 5.59. The number of halogens is 1. The Morgan fingerprint density at radius 1 is 1.11 bits per heavy atom. The highest BCUT2D eigenvalue weighted by Crippen LogP contribution is 2.29. The first-order chi connectivity index (χ1) is 13.2. The predicted molar refractivity (Wildman–Crippen MR) is 110 cm³/mol. The lowest BCUT2D eigenvalue weighted by molar-refractivity contribution is -0.118. The molecule has 0 radical (unpaired) electrons. The van der Waals surface area contributed by atoms with Crippen molar-refractivity contribution >= 4 is 34.0 Å². The number of hydrogen-bond donors (Lipinski definition) is 1. The third-order valence-electron chi connectivity index (χ3n) is 4.58. The van der Waals surface area contributed by atoms with Gasteiger partial charge in [0, 0.05) is 16.0 Å². The topological polar surface area (TPSA) is 51.2 Å². The lowest BCUT2D eigenvalue weighted by Gasteiger charge is -2.16. The number of aromatic nitrogens is 1. The third kappa shape index (κ3) is 4.49. The molecule has 1 N–H and O–H groups in total. The van der Waals surface area contributed by atoms with Gasteiger partial charge < -0.3 is 4.74 Å². The molecule has 0 unspecified atom stereocenters. The highest BCUT2D eigenvalue weighted by Gasteiger charge is 2.13. The molecular formula is C21H19ClN2O2S. The number of ether oxygens (including phenoxy) is 1. The lowest BCUT2D eigenvalue weighted by atomic mass is 9.90. The minimum Gasteiger partial charge on any atom is -0.484 e. The summed E-state index contributed by atoms with van der Waals surface area (Å²) in [5, 5.41) is 5.97. The van der Waals surface area contributed by atoms with Crippen molar-refractivity contribution in [2.45, 2.75) is 25.7 Å². The Labute approximate surface area is 167 Å². The molecule has 1 aromatic heterocycles. The van der Waals surface area contributed by atoms with Crippen molar-refractivity contribution in [3.63, 3.8) is 0 Å². The van der Waals surface area contributed by atoms with Crippen molar-refractivity contribution < 1.29 is 9.53 Å². The molecule has 6 heteroatoms. The number of nitrogens with one attached hydrogen (secondary N) is 1. The molecule has 0 bridgehead atoms. The quantitative estimate of drug-likeness (QED) is 0.629. The van der Waals surface area contributed by atoms with Crippen LogP contribution in [-0.4, -0.2) is 17.5 Å². The van der Waals surface area contributed by atoms with Gasteiger partial charge in [0.1, 0.15) is 5.75 Å². The van der Waals surface area contributed by atoms with Crippen LogP contribution in [0.5, 0.6) is 5.75 Å². The zero-order valence-corrected chi connectivity index (χ0v) is 16.3. The van der Waals surface area contributed by atoms with Gasteiger partial charge in [0.15, 0.2) is 11.7 Å². The van der Waals surface area contributed by atoms with Crippen molar-refractivity contribution in [3.05, 3.63) is 64.0 Å². The molecular weight excluding hydrogens is 380 g/mol. The average Bonchev–Trinajstić information content (AvgIpc) is 3.15. The van der Waals surface area contributed by atoms with E-state index < -0.39 is 0 Å². The van der Waals surface area contributed by atoms with Gasteiger partial charge in [0.2, 0.25) is 0 Å². The number of amides is 1. The monoisotopic (exact) mass is 398 g/mol. The van der Waals surface area contributed by atoms with Crippen LogP contribution >= 0.6 is 22.9 Å². The van der Waals surface area contributed by atoms with Gasteiger partial charge in [-0.3, -0.25) is 10.1 Å². The van der Waals surface area contributed by atoms with E-state index in [1.165, 1.54) is 41.7 Å². The summed E-state index contributed by atoms with van der Waals surface area (Å²) in [5.74, 6) is 0.361. The highest BCUT2D eigenvalue weighted by molar-refractivity contribution is 7.14. The van der Waals surface area contributed by atoms with Gasteiger partial charge in [-0.15, -0.1) is 11.3 Å². The highest BCUT2D eigenvalue weighted by atomic mass is 35.5. The first kappa shape index (κ1) is 18.0. The number of carbonyl (C=O) groups is 1. The number of carbonyl (C=O) groups excluding carboxylic acids is 1. The van der Waals surface area contributed by atoms with Gasteiger partial charge in [0.25, 0.3) is 5.91 Å². The molecule has 4 rings (SSSR count). The molecule has 0 aliphatic heterocycles. The molecule has 0 atom stereocenters. The van der Waals surface area contributed by atoms with E-state index >= 15 is 0 Å². The van der Waals surface area contributed by atoms with Gasteiger partial charge in [-0.05, 0) is 67.1 Å². The van der Waals surface area contributed by atoms with Crippen molar-refractivity contribution in [2.75, 3.05) is 11.9 Å². The zero-order valence-electron chi connectivity index (χ0n) is 14.7. The summed E-state index contributed by atoms with van der Waals surface area (Å²) < 4.78 is 5.45. The smallest absolute Gasteiger partial charge is 0.264 e. The van der Waals surface area contributed by atoms with Crippen LogP contribution in [0.2, 0.25) is 5.02 Å². The second kappa shape index (κ2) is 8.11. The molecule has 1 amide bonds. The van der Waals surface area contributed by atoms with E-state index in [1.807, 2.05) is 5.38 Å². The molecule has 4 nitrogen and oxygen atoms in total. The molecule has 2 aromatic carbocycles. The number of aryl methyl sites for hydroxylation is 2. The van der Waals surface area contributed by atoms with E-state index in [1.54, 1.807) is 24.3 Å². The number of fused-ring (bicyclic) bond motifs is 1. The molecule has 27 heavy (non-hydrogen) atoms. The summed E-state index contributed by atoms with van der Waals surface area (Å²) in [5.41, 5.74) is 4.87. The first-order valence-electron chi connectivity index (χ1n) is 8.93. The lowest BCUT2D eigenvalue weighted by Crippen LogP contribution is -2.20. The Balaban J connectivity index is 1.37. The molecule has 1 aliphatic rings. The van der Waals surface area contributed by atoms with Crippen LogP contribution in [0.4, 0.5) is 5.13 Å². The molecule has 0 saturated heterocycles. The minimum absolute atomic E-state index is 0.0740. The Morgan fingerprint density at radius 3 is 2.70 bits per heavy atom. The van der Waals surface area contributed by atoms with E-state index in [4.69, 9.17) is 16.3 Å². The Morgan fingerprint density at radius 2 is 1.89 bits per heavy atom. The predicted octanol–water partition coefficient (Wildman–Crippen LogP) is 5.36. The Bertz CT molecular complexity index is 953. The maximum absolute atomic E-state index is 12.1. The average molecular weight is 399 g/mol. The molecule has 1 heterocycles.